The van der Waals surface area contributed by atoms with Crippen molar-refractivity contribution in [3.05, 3.63) is 151 Å². The van der Waals surface area contributed by atoms with Crippen LogP contribution in [0.3, 0.4) is 0 Å². The maximum Gasteiger partial charge on any atom is 0.144 e. The third-order valence-corrected chi connectivity index (χ3v) is 3900. The summed E-state index contributed by atoms with van der Waals surface area (Å²) in [5.41, 5.74) is 8.52. The van der Waals surface area contributed by atoms with E-state index in [-0.39, 0.29) is 25.2 Å². The molecule has 6 heterocycles. The summed E-state index contributed by atoms with van der Waals surface area (Å²) in [6.45, 7) is 11.0. The van der Waals surface area contributed by atoms with Gasteiger partial charge in [-0.3, -0.25) is 4.90 Å². The maximum atomic E-state index is 11.2. The van der Waals surface area contributed by atoms with Crippen LogP contribution in [0.5, 0.6) is 0 Å². The molecule has 4 aliphatic rings. The molecule has 2 atom stereocenters. The number of carboxylic acids is 2. The third-order valence-electron chi connectivity index (χ3n) is 16.5. The average Bonchev–Trinajstić information content (AvgIpc) is 1.56. The van der Waals surface area contributed by atoms with E-state index >= 15 is 0 Å². The quantitative estimate of drug-likeness (QED) is 0.0246. The van der Waals surface area contributed by atoms with Crippen LogP contribution in [0.25, 0.3) is 44.3 Å². The average molecular weight is 7610 g/mol. The van der Waals surface area contributed by atoms with E-state index in [2.05, 4.69) is 550 Å². The Labute approximate surface area is 1120 Å². The van der Waals surface area contributed by atoms with Gasteiger partial charge in [0.15, 0.2) is 0 Å². The molecule has 4 aromatic heterocycles. The van der Waals surface area contributed by atoms with Crippen molar-refractivity contribution in [1.82, 2.24) is 30.5 Å². The first kappa shape index (κ1) is 145. The Morgan fingerprint density at radius 3 is 1.13 bits per heavy atom. The van der Waals surface area contributed by atoms with Gasteiger partial charge < -0.3 is 39.2 Å². The first-order chi connectivity index (χ1) is 60.5. The monoisotopic (exact) mass is 7600 g/mol. The molecule has 0 amide bonds. The van der Waals surface area contributed by atoms with Crippen molar-refractivity contribution in [1.29, 1.82) is 0 Å². The number of aromatic carboxylic acids is 2. The fourth-order valence-corrected chi connectivity index (χ4v) is 9440. The van der Waals surface area contributed by atoms with Crippen LogP contribution in [-0.2, 0) is 17.6 Å². The van der Waals surface area contributed by atoms with Crippen molar-refractivity contribution >= 4 is 771 Å². The first-order valence-corrected chi connectivity index (χ1v) is 349. The second-order valence-corrected chi connectivity index (χ2v) is 1210. The summed E-state index contributed by atoms with van der Waals surface area (Å²) in [7, 11) is -12.7. The number of nitrogens with one attached hydrogen (secondary N) is 1. The van der Waals surface area contributed by atoms with Gasteiger partial charge in [-0.1, -0.05) is 88.4 Å². The molecule has 764 valence electrons. The number of carbonyl (C=O) groups is 3. The molecule has 0 bridgehead atoms. The van der Waals surface area contributed by atoms with Gasteiger partial charge in [0, 0.05) is 121 Å². The van der Waals surface area contributed by atoms with Crippen LogP contribution in [0.15, 0.2) is 106 Å². The van der Waals surface area contributed by atoms with E-state index in [1.165, 1.54) is 0 Å². The number of aldehydes is 1. The van der Waals surface area contributed by atoms with Crippen LogP contribution in [0.2, 0.25) is 20.1 Å². The maximum absolute atomic E-state index is 11.2. The molecule has 4 aromatic carbocycles. The van der Waals surface area contributed by atoms with Crippen LogP contribution in [0.4, 0.5) is 11.4 Å². The number of halogens is 55. The van der Waals surface area contributed by atoms with Crippen molar-refractivity contribution in [3.8, 4) is 22.5 Å². The van der Waals surface area contributed by atoms with Crippen LogP contribution >= 0.6 is 720 Å². The minimum Gasteiger partial charge on any atom is -0.360 e. The van der Waals surface area contributed by atoms with Crippen LogP contribution in [-0.4, -0.2) is 112 Å². The minimum atomic E-state index is -1.02. The number of pyridine rings is 2. The molecule has 2 saturated heterocycles. The van der Waals surface area contributed by atoms with E-state index in [4.69, 9.17) is 60.6 Å². The van der Waals surface area contributed by atoms with Crippen LogP contribution in [0.1, 0.15) is 102 Å². The summed E-state index contributed by atoms with van der Waals surface area (Å²) in [6, 6.07) is 30.3. The molecule has 4 fully saturated rings. The number of fused-ring (bicyclic) bond motifs is 2. The smallest absolute Gasteiger partial charge is 0.144 e. The number of benzene rings is 4. The number of hydrogen-bond donors (Lipinski definition) is 3. The van der Waals surface area contributed by atoms with Crippen LogP contribution in [0, 0.1) is 0 Å². The molecule has 0 spiro atoms. The van der Waals surface area contributed by atoms with Gasteiger partial charge in [0.2, 0.25) is 0 Å². The molecule has 8 aromatic rings. The van der Waals surface area contributed by atoms with Gasteiger partial charge in [0.25, 0.3) is 0 Å². The number of anilines is 2. The summed E-state index contributed by atoms with van der Waals surface area (Å²) in [4.78, 5) is 48.7. The van der Waals surface area contributed by atoms with Gasteiger partial charge in [-0.25, -0.2) is 19.6 Å². The number of hydrogen-bond acceptors (Lipinski definition) is 13. The van der Waals surface area contributed by atoms with E-state index in [0.717, 1.165) is 146 Å². The second kappa shape index (κ2) is 76.1. The minimum absolute atomic E-state index is 0. The van der Waals surface area contributed by atoms with Gasteiger partial charge in [0.05, 0.1) is 31.1 Å². The topological polar surface area (TPSA) is 191 Å². The molecule has 70 heteroatoms. The Hall–Kier alpha value is 30.6. The standard InChI is InChI=1S/C29H28Cl2N4O3.C15H17N3O2.C14H11Cl2NO2.CH4.I51/c1-17-16-34(13-14-35(17)20-8-10-24-19(15-20)7-9-25(32-24)29(36)37)12-11-21-27(33-38-28(21)18-5-6-18)26-22(30)3-2-4-23(26)31;1-10-9-16-6-7-18(10)12-3-5-13-11(8-12)2-4-14(17-13)15(19)20;15-10-2-1-3-11(16)12(10)13-9(6-7-18)14(19-17-13)8-4-5-8;;1-27-29(4)31(6)33(8)35(10)37(12)39(14)41(16)43(18)45(20)47(22)49(24)51(26)50(25)48(23)46(21)44(19)42(17)40(15)38(13)36(11)34(9)32(7)30(5)28(2)3/h2-4,7-10,15,17-18H,5-6,11-14,16H2,1H3,(H,36,37);2-5,8,10,16H,6-7,9H2,1H3,(H,19,20);1-3,7-8H,4-6H2;1H4;/q;;;;-1. The van der Waals surface area contributed by atoms with E-state index in [0.29, 0.717) is 74.0 Å². The largest absolute Gasteiger partial charge is 0.360 e. The normalized spacial score (nSPS) is 18.0. The predicted octanol–water partition coefficient (Wildman–Crippen LogP) is 54.4. The fraction of sp³-hybridized carbons (Fsp3) is 0.339. The summed E-state index contributed by atoms with van der Waals surface area (Å²) >= 11 is 111. The molecule has 2 aliphatic carbocycles. The second-order valence-electron chi connectivity index (χ2n) is 23.9. The Balaban J connectivity index is 0.000000228. The summed E-state index contributed by atoms with van der Waals surface area (Å²) in [5.74, 6) is 0.608. The summed E-state index contributed by atoms with van der Waals surface area (Å²) in [5, 5.41) is 34.2. The van der Waals surface area contributed by atoms with Crippen LogP contribution < -0.4 is 28.4 Å². The summed E-state index contributed by atoms with van der Waals surface area (Å²) in [6.07, 6.45) is 6.37. The zero-order valence-electron chi connectivity index (χ0n) is 61.7. The molecular formula is C59H60Cl4I51N8O7-. The number of nitrogens with zero attached hydrogens (tertiary/aromatic N) is 7. The zero-order chi connectivity index (χ0) is 94.5. The number of rotatable bonds is 37. The van der Waals surface area contributed by atoms with Crippen molar-refractivity contribution in [3.63, 3.8) is 0 Å². The van der Waals surface area contributed by atoms with Gasteiger partial charge >= 0.3 is 699 Å². The molecular weight excluding hydrogens is 7550 g/mol. The van der Waals surface area contributed by atoms with E-state index in [9.17, 15) is 19.5 Å². The molecule has 3 N–H and O–H groups in total. The molecule has 12 rings (SSSR count). The Bertz CT molecular complexity index is 4960. The van der Waals surface area contributed by atoms with Gasteiger partial charge in [-0.15, -0.1) is 0 Å². The molecule has 15 nitrogen and oxygen atoms in total. The molecule has 129 heavy (non-hydrogen) atoms. The molecule has 2 aliphatic heterocycles. The van der Waals surface area contributed by atoms with Gasteiger partial charge in [0.1, 0.15) is 40.6 Å². The zero-order valence-corrected chi connectivity index (χ0v) is 175. The number of aromatic nitrogens is 4. The molecule has 2 saturated carbocycles. The summed E-state index contributed by atoms with van der Waals surface area (Å²) < 4.78 is 11.3. The van der Waals surface area contributed by atoms with Gasteiger partial charge in [-0.05, 0) is 119 Å². The van der Waals surface area contributed by atoms with Gasteiger partial charge in [-0.2, -0.15) is 0 Å². The van der Waals surface area contributed by atoms with Crippen molar-refractivity contribution in [2.75, 3.05) is 55.6 Å². The van der Waals surface area contributed by atoms with Crippen molar-refractivity contribution in [2.24, 2.45) is 0 Å². The Morgan fingerprint density at radius 2 is 0.806 bits per heavy atom. The predicted molar refractivity (Wildman–Crippen MR) is 1010 cm³/mol. The Morgan fingerprint density at radius 1 is 0.465 bits per heavy atom. The third kappa shape index (κ3) is 45.5. The SMILES string of the molecule is C.CC1CN(CCc2c(-c3c(Cl)cccc3Cl)noc2C2CC2)CCN1c1ccc2nc(C(=O)O)ccc2c1.CC1CNCCN1c1ccc2nc(C(=O)O)ccc2c1.I[I-]I(I)I(I)I(I)I(I)I(I)I(I)I(I)I(I)I(I)I(I)I(I)I(I)I(I)I(I)I(I)I(I)I(I)I(I)I(I)I(I)I(I)I(I)I(I)I(I)I.O=CCc1c(-c2c(Cl)cccc2Cl)noc1C1CC1. The fourth-order valence-electron chi connectivity index (χ4n) is 11.0. The number of carbonyl (C=O) groups excluding carboxylic acids is 1. The number of carboxylic acid groups (broad SMARTS) is 2. The van der Waals surface area contributed by atoms with E-state index in [1.54, 1.807) is 30.3 Å². The Kier molecular flexibility index (Phi) is 85.3. The van der Waals surface area contributed by atoms with Crippen molar-refractivity contribution < 1.29 is 46.9 Å². The molecule has 0 radical (unpaired) electrons. The molecule has 2 unspecified atom stereocenters. The number of piperazine rings is 2. The van der Waals surface area contributed by atoms with Crippen molar-refractivity contribution in [2.45, 2.75) is 83.7 Å². The van der Waals surface area contributed by atoms with E-state index in [1.807, 2.05) is 54.6 Å². The first-order valence-electron chi connectivity index (χ1n) is 32.9. The van der Waals surface area contributed by atoms with E-state index < -0.39 is 201 Å².